The maximum absolute atomic E-state index is 5.09. The van der Waals surface area contributed by atoms with Gasteiger partial charge < -0.3 is 4.90 Å². The Morgan fingerprint density at radius 2 is 1.90 bits per heavy atom. The van der Waals surface area contributed by atoms with Gasteiger partial charge in [-0.15, -0.1) is 10.2 Å². The van der Waals surface area contributed by atoms with Crippen LogP contribution in [0.25, 0.3) is 23.0 Å². The van der Waals surface area contributed by atoms with Crippen molar-refractivity contribution in [2.45, 2.75) is 51.6 Å². The second-order valence-electron chi connectivity index (χ2n) is 8.09. The average molecular weight is 413 g/mol. The number of nitrogens with zero attached hydrogens (tertiary/aromatic N) is 9. The fraction of sp³-hybridized carbons (Fsp3) is 0.364. The lowest BCUT2D eigenvalue weighted by Gasteiger charge is -2.45. The quantitative estimate of drug-likeness (QED) is 0.506. The molecule has 1 atom stereocenters. The van der Waals surface area contributed by atoms with Crippen LogP contribution >= 0.6 is 0 Å². The molecule has 0 N–H and O–H groups in total. The molecule has 1 aliphatic carbocycles. The molecule has 5 heterocycles. The number of anilines is 1. The first kappa shape index (κ1) is 18.2. The van der Waals surface area contributed by atoms with Crippen molar-refractivity contribution in [3.05, 3.63) is 54.8 Å². The van der Waals surface area contributed by atoms with Gasteiger partial charge in [0.2, 0.25) is 5.95 Å². The van der Waals surface area contributed by atoms with Crippen LogP contribution in [0.5, 0.6) is 0 Å². The Morgan fingerprint density at radius 3 is 2.65 bits per heavy atom. The van der Waals surface area contributed by atoms with Gasteiger partial charge in [0.1, 0.15) is 17.3 Å². The van der Waals surface area contributed by atoms with Crippen molar-refractivity contribution in [1.82, 2.24) is 39.3 Å². The van der Waals surface area contributed by atoms with Gasteiger partial charge >= 0.3 is 0 Å². The third kappa shape index (κ3) is 2.69. The first-order valence-corrected chi connectivity index (χ1v) is 10.8. The molecule has 4 aromatic heterocycles. The van der Waals surface area contributed by atoms with E-state index >= 15 is 0 Å². The molecule has 6 rings (SSSR count). The summed E-state index contributed by atoms with van der Waals surface area (Å²) in [5.74, 6) is 4.19. The van der Waals surface area contributed by atoms with Crippen molar-refractivity contribution in [3.8, 4) is 23.0 Å². The van der Waals surface area contributed by atoms with Gasteiger partial charge in [-0.25, -0.2) is 9.97 Å². The molecule has 9 heteroatoms. The third-order valence-electron chi connectivity index (χ3n) is 6.36. The first-order chi connectivity index (χ1) is 15.3. The van der Waals surface area contributed by atoms with E-state index in [9.17, 15) is 0 Å². The van der Waals surface area contributed by atoms with Crippen molar-refractivity contribution in [3.63, 3.8) is 0 Å². The minimum absolute atomic E-state index is 0.157. The Kier molecular flexibility index (Phi) is 4.09. The summed E-state index contributed by atoms with van der Waals surface area (Å²) < 4.78 is 4.05. The lowest BCUT2D eigenvalue weighted by molar-refractivity contribution is 0.341. The van der Waals surface area contributed by atoms with E-state index in [0.29, 0.717) is 12.0 Å². The van der Waals surface area contributed by atoms with E-state index in [-0.39, 0.29) is 6.04 Å². The number of aryl methyl sites for hydroxylation is 1. The molecule has 2 aliphatic rings. The fourth-order valence-corrected chi connectivity index (χ4v) is 4.64. The summed E-state index contributed by atoms with van der Waals surface area (Å²) in [5.41, 5.74) is 1.92. The number of rotatable bonds is 4. The predicted octanol–water partition coefficient (Wildman–Crippen LogP) is 3.44. The van der Waals surface area contributed by atoms with E-state index in [1.807, 2.05) is 36.0 Å². The molecule has 0 unspecified atom stereocenters. The molecular weight excluding hydrogens is 390 g/mol. The molecule has 0 amide bonds. The van der Waals surface area contributed by atoms with Crippen LogP contribution in [0.3, 0.4) is 0 Å². The maximum Gasteiger partial charge on any atom is 0.237 e. The van der Waals surface area contributed by atoms with Crippen LogP contribution in [-0.4, -0.2) is 45.3 Å². The van der Waals surface area contributed by atoms with Crippen LogP contribution in [-0.2, 0) is 0 Å². The van der Waals surface area contributed by atoms with E-state index in [0.717, 1.165) is 41.0 Å². The minimum atomic E-state index is 0.157. The van der Waals surface area contributed by atoms with E-state index in [4.69, 9.17) is 9.97 Å². The van der Waals surface area contributed by atoms with E-state index in [1.165, 1.54) is 19.3 Å². The van der Waals surface area contributed by atoms with Gasteiger partial charge in [-0.05, 0) is 44.7 Å². The predicted molar refractivity (Wildman–Crippen MR) is 115 cm³/mol. The van der Waals surface area contributed by atoms with Crippen molar-refractivity contribution >= 4 is 5.82 Å². The zero-order valence-corrected chi connectivity index (χ0v) is 17.5. The molecule has 156 valence electrons. The fourth-order valence-electron chi connectivity index (χ4n) is 4.64. The summed E-state index contributed by atoms with van der Waals surface area (Å²) in [6.07, 6.45) is 13.7. The zero-order chi connectivity index (χ0) is 20.9. The Labute approximate surface area is 179 Å². The molecule has 0 radical (unpaired) electrons. The number of pyridine rings is 1. The van der Waals surface area contributed by atoms with Crippen LogP contribution in [0, 0.1) is 6.92 Å². The summed E-state index contributed by atoms with van der Waals surface area (Å²) in [6.45, 7) is 4.19. The standard InChI is InChI=1S/C22H23N9/c1-3-17-21-28-27-14(2)30(21)18-13-25-22(26-20(18)31(17)16-5-4-6-16)29-12-11-24-19(29)15-7-9-23-10-8-15/h7-13,16-17H,3-6H2,1-2H3/t17-/m1/s1. The van der Waals surface area contributed by atoms with Crippen LogP contribution in [0.4, 0.5) is 5.82 Å². The van der Waals surface area contributed by atoms with Gasteiger partial charge in [0.05, 0.1) is 12.2 Å². The van der Waals surface area contributed by atoms with Crippen LogP contribution in [0.2, 0.25) is 0 Å². The number of aromatic nitrogens is 8. The molecule has 1 saturated carbocycles. The van der Waals surface area contributed by atoms with E-state index in [2.05, 4.69) is 36.6 Å². The maximum atomic E-state index is 5.09. The second-order valence-corrected chi connectivity index (χ2v) is 8.09. The molecule has 0 aromatic carbocycles. The molecule has 0 bridgehead atoms. The summed E-state index contributed by atoms with van der Waals surface area (Å²) in [5, 5.41) is 8.89. The third-order valence-corrected chi connectivity index (χ3v) is 6.36. The van der Waals surface area contributed by atoms with E-state index < -0.39 is 0 Å². The van der Waals surface area contributed by atoms with Gasteiger partial charge in [-0.2, -0.15) is 4.98 Å². The van der Waals surface area contributed by atoms with Gasteiger partial charge in [0.25, 0.3) is 0 Å². The van der Waals surface area contributed by atoms with Gasteiger partial charge in [0.15, 0.2) is 11.6 Å². The Morgan fingerprint density at radius 1 is 1.06 bits per heavy atom. The topological polar surface area (TPSA) is 90.4 Å². The number of hydrogen-bond acceptors (Lipinski definition) is 7. The Bertz CT molecular complexity index is 1240. The monoisotopic (exact) mass is 413 g/mol. The van der Waals surface area contributed by atoms with Gasteiger partial charge in [-0.3, -0.25) is 14.1 Å². The molecule has 0 spiro atoms. The number of fused-ring (bicyclic) bond motifs is 3. The number of hydrogen-bond donors (Lipinski definition) is 0. The lowest BCUT2D eigenvalue weighted by Crippen LogP contribution is -2.46. The SMILES string of the molecule is CC[C@@H]1c2nnc(C)n2-c2cnc(-n3ccnc3-c3ccncc3)nc2N1C1CCC1. The highest BCUT2D eigenvalue weighted by molar-refractivity contribution is 5.64. The van der Waals surface area contributed by atoms with Crippen molar-refractivity contribution in [1.29, 1.82) is 0 Å². The first-order valence-electron chi connectivity index (χ1n) is 10.8. The largest absolute Gasteiger partial charge is 0.341 e. The van der Waals surface area contributed by atoms with Crippen molar-refractivity contribution in [2.75, 3.05) is 4.90 Å². The summed E-state index contributed by atoms with van der Waals surface area (Å²) in [6, 6.07) is 4.51. The van der Waals surface area contributed by atoms with Crippen LogP contribution in [0.1, 0.15) is 50.3 Å². The normalized spacial score (nSPS) is 17.9. The van der Waals surface area contributed by atoms with Gasteiger partial charge in [-0.1, -0.05) is 6.92 Å². The molecule has 1 fully saturated rings. The lowest BCUT2D eigenvalue weighted by atomic mass is 9.89. The molecule has 4 aromatic rings. The molecular formula is C22H23N9. The van der Waals surface area contributed by atoms with E-state index in [1.54, 1.807) is 18.6 Å². The average Bonchev–Trinajstić information content (AvgIpc) is 3.40. The summed E-state index contributed by atoms with van der Waals surface area (Å²) in [4.78, 5) is 20.9. The zero-order valence-electron chi connectivity index (χ0n) is 17.5. The highest BCUT2D eigenvalue weighted by Gasteiger charge is 2.40. The van der Waals surface area contributed by atoms with Crippen molar-refractivity contribution < 1.29 is 0 Å². The second kappa shape index (κ2) is 6.97. The summed E-state index contributed by atoms with van der Waals surface area (Å²) >= 11 is 0. The summed E-state index contributed by atoms with van der Waals surface area (Å²) in [7, 11) is 0. The van der Waals surface area contributed by atoms with Crippen molar-refractivity contribution in [2.24, 2.45) is 0 Å². The number of imidazole rings is 1. The smallest absolute Gasteiger partial charge is 0.237 e. The Hall–Kier alpha value is -3.62. The molecule has 9 nitrogen and oxygen atoms in total. The van der Waals surface area contributed by atoms with Crippen LogP contribution < -0.4 is 4.90 Å². The Balaban J connectivity index is 1.53. The van der Waals surface area contributed by atoms with Gasteiger partial charge in [0, 0.05) is 36.4 Å². The minimum Gasteiger partial charge on any atom is -0.341 e. The molecule has 31 heavy (non-hydrogen) atoms. The molecule has 1 aliphatic heterocycles. The highest BCUT2D eigenvalue weighted by atomic mass is 15.4. The molecule has 0 saturated heterocycles. The van der Waals surface area contributed by atoms with Crippen LogP contribution in [0.15, 0.2) is 43.1 Å². The highest BCUT2D eigenvalue weighted by Crippen LogP contribution is 2.44.